The summed E-state index contributed by atoms with van der Waals surface area (Å²) in [7, 11) is 0. The van der Waals surface area contributed by atoms with Crippen molar-refractivity contribution in [1.82, 2.24) is 0 Å². The average molecular weight is 872 g/mol. The second-order valence-corrected chi connectivity index (χ2v) is 18.2. The molecule has 0 saturated carbocycles. The van der Waals surface area contributed by atoms with Gasteiger partial charge < -0.3 is 9.32 Å². The number of furan rings is 1. The van der Waals surface area contributed by atoms with Gasteiger partial charge in [0.05, 0.1) is 11.1 Å². The van der Waals surface area contributed by atoms with Gasteiger partial charge in [-0.2, -0.15) is 0 Å². The third-order valence-electron chi connectivity index (χ3n) is 13.3. The van der Waals surface area contributed by atoms with Gasteiger partial charge in [0.15, 0.2) is 0 Å². The number of hydrogen-bond acceptors (Lipinski definition) is 3. The van der Waals surface area contributed by atoms with Gasteiger partial charge in [-0.1, -0.05) is 206 Å². The Balaban J connectivity index is 1.000. The van der Waals surface area contributed by atoms with Crippen LogP contribution in [-0.4, -0.2) is 0 Å². The van der Waals surface area contributed by atoms with Crippen molar-refractivity contribution in [3.8, 4) is 55.6 Å². The lowest BCUT2D eigenvalue weighted by atomic mass is 9.93. The quantitative estimate of drug-likeness (QED) is 0.151. The lowest BCUT2D eigenvalue weighted by Gasteiger charge is -2.26. The Kier molecular flexibility index (Phi) is 9.40. The first-order valence-corrected chi connectivity index (χ1v) is 23.6. The second-order valence-electron chi connectivity index (χ2n) is 17.2. The fraction of sp³-hybridized carbons (Fsp3) is 0. The summed E-state index contributed by atoms with van der Waals surface area (Å²) < 4.78 is 9.56. The Hall–Kier alpha value is -8.50. The Morgan fingerprint density at radius 1 is 0.299 bits per heavy atom. The van der Waals surface area contributed by atoms with Crippen LogP contribution < -0.4 is 4.90 Å². The maximum absolute atomic E-state index is 6.99. The highest BCUT2D eigenvalue weighted by molar-refractivity contribution is 7.26. The van der Waals surface area contributed by atoms with Crippen LogP contribution in [0.1, 0.15) is 0 Å². The lowest BCUT2D eigenvalue weighted by Crippen LogP contribution is -2.10. The van der Waals surface area contributed by atoms with Crippen molar-refractivity contribution < 1.29 is 4.42 Å². The van der Waals surface area contributed by atoms with E-state index in [2.05, 4.69) is 254 Å². The third-order valence-corrected chi connectivity index (χ3v) is 14.6. The van der Waals surface area contributed by atoms with Crippen molar-refractivity contribution in [2.45, 2.75) is 0 Å². The van der Waals surface area contributed by atoms with Gasteiger partial charge in [0, 0.05) is 47.9 Å². The van der Waals surface area contributed by atoms with Gasteiger partial charge in [0.1, 0.15) is 11.2 Å². The van der Waals surface area contributed by atoms with E-state index in [0.717, 1.165) is 44.4 Å². The third kappa shape index (κ3) is 6.71. The normalized spacial score (nSPS) is 11.6. The van der Waals surface area contributed by atoms with Crippen molar-refractivity contribution in [3.63, 3.8) is 0 Å². The minimum Gasteiger partial charge on any atom is -0.455 e. The number of rotatable bonds is 8. The molecule has 13 aromatic rings. The summed E-state index contributed by atoms with van der Waals surface area (Å²) in [6.07, 6.45) is 0. The van der Waals surface area contributed by atoms with Gasteiger partial charge in [0.25, 0.3) is 0 Å². The molecule has 0 bridgehead atoms. The smallest absolute Gasteiger partial charge is 0.143 e. The van der Waals surface area contributed by atoms with Gasteiger partial charge in [0.2, 0.25) is 0 Å². The van der Waals surface area contributed by atoms with Crippen LogP contribution >= 0.6 is 11.3 Å². The first-order valence-electron chi connectivity index (χ1n) is 22.8. The Morgan fingerprint density at radius 2 is 0.731 bits per heavy atom. The molecular weight excluding hydrogens is 831 g/mol. The first kappa shape index (κ1) is 38.9. The minimum atomic E-state index is 0.851. The monoisotopic (exact) mass is 871 g/mol. The van der Waals surface area contributed by atoms with E-state index in [4.69, 9.17) is 4.42 Å². The number of anilines is 3. The van der Waals surface area contributed by atoms with E-state index in [1.54, 1.807) is 0 Å². The summed E-state index contributed by atoms with van der Waals surface area (Å²) in [6.45, 7) is 0. The average Bonchev–Trinajstić information content (AvgIpc) is 3.99. The molecule has 0 aliphatic heterocycles. The molecule has 67 heavy (non-hydrogen) atoms. The number of benzene rings is 11. The van der Waals surface area contributed by atoms with Gasteiger partial charge >= 0.3 is 0 Å². The van der Waals surface area contributed by atoms with E-state index in [1.165, 1.54) is 81.2 Å². The largest absolute Gasteiger partial charge is 0.455 e. The molecule has 0 unspecified atom stereocenters. The van der Waals surface area contributed by atoms with Crippen LogP contribution in [0.25, 0.3) is 109 Å². The molecule has 0 amide bonds. The fourth-order valence-electron chi connectivity index (χ4n) is 10.1. The van der Waals surface area contributed by atoms with Crippen molar-refractivity contribution in [1.29, 1.82) is 0 Å². The number of nitrogens with zero attached hydrogens (tertiary/aromatic N) is 1. The molecule has 3 heteroatoms. The van der Waals surface area contributed by atoms with Crippen LogP contribution in [-0.2, 0) is 0 Å². The summed E-state index contributed by atoms with van der Waals surface area (Å²) >= 11 is 1.89. The van der Waals surface area contributed by atoms with Crippen LogP contribution in [0.15, 0.2) is 253 Å². The van der Waals surface area contributed by atoms with Crippen molar-refractivity contribution in [3.05, 3.63) is 249 Å². The highest BCUT2D eigenvalue weighted by Crippen LogP contribution is 2.49. The van der Waals surface area contributed by atoms with Gasteiger partial charge in [-0.25, -0.2) is 0 Å². The highest BCUT2D eigenvalue weighted by atomic mass is 32.1. The molecule has 314 valence electrons. The molecule has 0 atom stereocenters. The predicted octanol–water partition coefficient (Wildman–Crippen LogP) is 18.9. The molecule has 11 aromatic carbocycles. The molecule has 2 aromatic heterocycles. The summed E-state index contributed by atoms with van der Waals surface area (Å²) in [5.74, 6) is 0. The zero-order valence-corrected chi connectivity index (χ0v) is 37.3. The molecule has 2 heterocycles. The van der Waals surface area contributed by atoms with Gasteiger partial charge in [-0.15, -0.1) is 11.3 Å². The Morgan fingerprint density at radius 3 is 1.30 bits per heavy atom. The van der Waals surface area contributed by atoms with E-state index in [9.17, 15) is 0 Å². The second kappa shape index (κ2) is 16.2. The van der Waals surface area contributed by atoms with Crippen LogP contribution in [0, 0.1) is 0 Å². The SMILES string of the molecule is c1ccc(-c2ccc(-c3cccc4c3sc3c(-c5cc6c(oc7cccc(N(c8ccc(-c9ccccc9)cc8)c8ccc(-c9ccccc9)cc8)c76)c6ccccc56)cccc34)cc2)cc1. The van der Waals surface area contributed by atoms with E-state index in [1.807, 2.05) is 11.3 Å². The fourth-order valence-corrected chi connectivity index (χ4v) is 11.4. The maximum atomic E-state index is 6.99. The molecule has 13 rings (SSSR count). The molecule has 0 spiro atoms. The van der Waals surface area contributed by atoms with Crippen molar-refractivity contribution >= 4 is 81.3 Å². The summed E-state index contributed by atoms with van der Waals surface area (Å²) in [6, 6.07) is 89.8. The van der Waals surface area contributed by atoms with Crippen LogP contribution in [0.4, 0.5) is 17.1 Å². The van der Waals surface area contributed by atoms with Crippen molar-refractivity contribution in [2.24, 2.45) is 0 Å². The minimum absolute atomic E-state index is 0.851. The van der Waals surface area contributed by atoms with E-state index >= 15 is 0 Å². The lowest BCUT2D eigenvalue weighted by molar-refractivity contribution is 0.672. The summed E-state index contributed by atoms with van der Waals surface area (Å²) in [5.41, 5.74) is 17.0. The Labute approximate surface area is 392 Å². The van der Waals surface area contributed by atoms with Crippen molar-refractivity contribution in [2.75, 3.05) is 4.90 Å². The van der Waals surface area contributed by atoms with Gasteiger partial charge in [-0.05, 0) is 97.9 Å². The molecule has 2 nitrogen and oxygen atoms in total. The van der Waals surface area contributed by atoms with E-state index < -0.39 is 0 Å². The highest BCUT2D eigenvalue weighted by Gasteiger charge is 2.23. The number of thiophene rings is 1. The number of fused-ring (bicyclic) bond motifs is 8. The Bertz CT molecular complexity index is 3850. The predicted molar refractivity (Wildman–Crippen MR) is 286 cm³/mol. The zero-order chi connectivity index (χ0) is 44.3. The van der Waals surface area contributed by atoms with Crippen LogP contribution in [0.2, 0.25) is 0 Å². The molecule has 0 radical (unpaired) electrons. The van der Waals surface area contributed by atoms with E-state index in [-0.39, 0.29) is 0 Å². The number of hydrogen-bond donors (Lipinski definition) is 0. The topological polar surface area (TPSA) is 16.4 Å². The molecule has 0 N–H and O–H groups in total. The molecular formula is C64H41NOS. The van der Waals surface area contributed by atoms with Gasteiger partial charge in [-0.3, -0.25) is 0 Å². The first-order chi connectivity index (χ1) is 33.2. The van der Waals surface area contributed by atoms with Crippen LogP contribution in [0.5, 0.6) is 0 Å². The zero-order valence-electron chi connectivity index (χ0n) is 36.4. The molecule has 0 aliphatic rings. The van der Waals surface area contributed by atoms with E-state index in [0.29, 0.717) is 0 Å². The molecule has 0 aliphatic carbocycles. The molecule has 0 fully saturated rings. The standard InChI is InChI=1S/C64H41NOS/c1-4-15-42(16-5-1)45-29-31-48(32-30-45)51-23-12-24-54-55-25-13-26-56(64(55)67-63(51)54)57-41-58-61-59(27-14-28-60(61)66-62(58)53-22-11-10-21-52(53)57)65(49-37-33-46(34-38-49)43-17-6-2-7-18-43)50-39-35-47(36-40-50)44-19-8-3-9-20-44/h1-41H. The summed E-state index contributed by atoms with van der Waals surface area (Å²) in [5, 5.41) is 6.98. The molecule has 0 saturated heterocycles. The maximum Gasteiger partial charge on any atom is 0.143 e. The summed E-state index contributed by atoms with van der Waals surface area (Å²) in [4.78, 5) is 2.39. The van der Waals surface area contributed by atoms with Crippen LogP contribution in [0.3, 0.4) is 0 Å².